The molecular weight excluding hydrogens is 243 g/mol. The Kier molecular flexibility index (Phi) is 3.48. The summed E-state index contributed by atoms with van der Waals surface area (Å²) >= 11 is 0. The van der Waals surface area contributed by atoms with Crippen molar-refractivity contribution in [3.8, 4) is 11.1 Å². The Balaban J connectivity index is 2.74. The van der Waals surface area contributed by atoms with Crippen LogP contribution in [0.4, 0.5) is 11.8 Å². The lowest BCUT2D eigenvalue weighted by Gasteiger charge is -2.14. The summed E-state index contributed by atoms with van der Waals surface area (Å²) in [5.74, 6) is 0.660. The highest BCUT2D eigenvalue weighted by molar-refractivity contribution is 7.15. The predicted molar refractivity (Wildman–Crippen MR) is 79.2 cm³/mol. The number of aromatic nitrogens is 2. The predicted octanol–water partition coefficient (Wildman–Crippen LogP) is 2.30. The second kappa shape index (κ2) is 4.91. The van der Waals surface area contributed by atoms with E-state index in [1.807, 2.05) is 12.1 Å². The summed E-state index contributed by atoms with van der Waals surface area (Å²) in [6.07, 6.45) is 0.694. The summed E-state index contributed by atoms with van der Waals surface area (Å²) in [5, 5.41) is 0. The molecule has 4 nitrogen and oxygen atoms in total. The van der Waals surface area contributed by atoms with Crippen LogP contribution in [0.25, 0.3) is 11.1 Å². The minimum absolute atomic E-state index is 0.221. The molecule has 0 saturated heterocycles. The number of hydrogen-bond donors (Lipinski definition) is 2. The number of nitrogens with zero attached hydrogens (tertiary/aromatic N) is 2. The van der Waals surface area contributed by atoms with E-state index < -0.39 is 0 Å². The van der Waals surface area contributed by atoms with E-state index in [0.29, 0.717) is 12.0 Å². The van der Waals surface area contributed by atoms with E-state index in [-0.39, 0.29) is 5.95 Å². The maximum absolute atomic E-state index is 6.01. The zero-order chi connectivity index (χ0) is 13.3. The van der Waals surface area contributed by atoms with Gasteiger partial charge < -0.3 is 11.5 Å². The Morgan fingerprint density at radius 2 is 1.89 bits per heavy atom. The van der Waals surface area contributed by atoms with Crippen molar-refractivity contribution >= 4 is 21.0 Å². The number of benzene rings is 1. The number of nitrogen functional groups attached to an aromatic ring is 2. The average Bonchev–Trinajstić information content (AvgIpc) is 2.32. The number of nitrogens with two attached hydrogens (primary N) is 2. The molecule has 4 N–H and O–H groups in total. The highest BCUT2D eigenvalue weighted by atomic mass is 31.0. The lowest BCUT2D eigenvalue weighted by Crippen LogP contribution is -2.06. The van der Waals surface area contributed by atoms with Crippen LogP contribution in [0.1, 0.15) is 16.8 Å². The summed E-state index contributed by atoms with van der Waals surface area (Å²) in [4.78, 5) is 8.33. The fourth-order valence-electron chi connectivity index (χ4n) is 2.01. The minimum atomic E-state index is 0.221. The van der Waals surface area contributed by atoms with E-state index in [4.69, 9.17) is 11.5 Å². The maximum Gasteiger partial charge on any atom is 0.222 e. The van der Waals surface area contributed by atoms with Gasteiger partial charge in [-0.05, 0) is 30.5 Å². The number of anilines is 2. The third-order valence-corrected chi connectivity index (χ3v) is 3.48. The van der Waals surface area contributed by atoms with E-state index in [1.165, 1.54) is 11.1 Å². The molecule has 1 heterocycles. The largest absolute Gasteiger partial charge is 0.383 e. The molecule has 0 radical (unpaired) electrons. The standard InChI is InChI=1S/C13H17N4P/c1-7-4-3-5-9(8(7)2)11-10(6-18)16-13(15)17-12(11)14/h3-5H,6,18H2,1-2H3,(H4,14,15,16,17). The van der Waals surface area contributed by atoms with E-state index in [2.05, 4.69) is 39.1 Å². The van der Waals surface area contributed by atoms with E-state index in [0.717, 1.165) is 16.8 Å². The normalized spacial score (nSPS) is 10.6. The molecule has 0 aliphatic rings. The van der Waals surface area contributed by atoms with Gasteiger partial charge in [-0.1, -0.05) is 18.2 Å². The van der Waals surface area contributed by atoms with Gasteiger partial charge in [-0.3, -0.25) is 0 Å². The summed E-state index contributed by atoms with van der Waals surface area (Å²) in [5.41, 5.74) is 16.9. The van der Waals surface area contributed by atoms with Gasteiger partial charge in [-0.25, -0.2) is 4.98 Å². The van der Waals surface area contributed by atoms with Crippen molar-refractivity contribution in [1.29, 1.82) is 0 Å². The van der Waals surface area contributed by atoms with Crippen LogP contribution in [0.3, 0.4) is 0 Å². The third kappa shape index (κ3) is 2.16. The Bertz CT molecular complexity index is 596. The van der Waals surface area contributed by atoms with Crippen LogP contribution in [-0.2, 0) is 6.16 Å². The summed E-state index contributed by atoms with van der Waals surface area (Å²) < 4.78 is 0. The smallest absolute Gasteiger partial charge is 0.222 e. The zero-order valence-corrected chi connectivity index (χ0v) is 11.7. The number of rotatable bonds is 2. The van der Waals surface area contributed by atoms with Gasteiger partial charge in [0.15, 0.2) is 0 Å². The van der Waals surface area contributed by atoms with Gasteiger partial charge in [-0.15, -0.1) is 9.24 Å². The molecule has 2 rings (SSSR count). The zero-order valence-electron chi connectivity index (χ0n) is 10.6. The average molecular weight is 260 g/mol. The van der Waals surface area contributed by atoms with E-state index in [1.54, 1.807) is 0 Å². The molecule has 0 aliphatic carbocycles. The first kappa shape index (κ1) is 12.8. The Morgan fingerprint density at radius 3 is 2.56 bits per heavy atom. The lowest BCUT2D eigenvalue weighted by atomic mass is 9.96. The summed E-state index contributed by atoms with van der Waals surface area (Å²) in [7, 11) is 2.65. The van der Waals surface area contributed by atoms with E-state index >= 15 is 0 Å². The van der Waals surface area contributed by atoms with Crippen LogP contribution in [0.15, 0.2) is 18.2 Å². The second-order valence-electron chi connectivity index (χ2n) is 4.24. The quantitative estimate of drug-likeness (QED) is 0.812. The highest BCUT2D eigenvalue weighted by Gasteiger charge is 2.14. The van der Waals surface area contributed by atoms with Crippen LogP contribution < -0.4 is 11.5 Å². The monoisotopic (exact) mass is 260 g/mol. The molecule has 0 amide bonds. The van der Waals surface area contributed by atoms with Gasteiger partial charge in [0.05, 0.1) is 5.69 Å². The fourth-order valence-corrected chi connectivity index (χ4v) is 2.30. The summed E-state index contributed by atoms with van der Waals surface area (Å²) in [6.45, 7) is 4.15. The molecule has 0 fully saturated rings. The molecule has 1 unspecified atom stereocenters. The fraction of sp³-hybridized carbons (Fsp3) is 0.231. The Labute approximate surface area is 109 Å². The second-order valence-corrected chi connectivity index (χ2v) is 4.65. The molecule has 0 aliphatic heterocycles. The van der Waals surface area contributed by atoms with E-state index in [9.17, 15) is 0 Å². The molecule has 0 spiro atoms. The number of aryl methyl sites for hydroxylation is 1. The SMILES string of the molecule is Cc1cccc(-c2c(N)nc(N)nc2CP)c1C. The van der Waals surface area contributed by atoms with Gasteiger partial charge in [0, 0.05) is 11.7 Å². The highest BCUT2D eigenvalue weighted by Crippen LogP contribution is 2.32. The van der Waals surface area contributed by atoms with Crippen LogP contribution in [-0.4, -0.2) is 9.97 Å². The molecule has 94 valence electrons. The van der Waals surface area contributed by atoms with Gasteiger partial charge in [0.25, 0.3) is 0 Å². The van der Waals surface area contributed by atoms with Gasteiger partial charge in [0.1, 0.15) is 5.82 Å². The molecule has 18 heavy (non-hydrogen) atoms. The van der Waals surface area contributed by atoms with Crippen LogP contribution in [0, 0.1) is 13.8 Å². The molecule has 5 heteroatoms. The van der Waals surface area contributed by atoms with Gasteiger partial charge in [-0.2, -0.15) is 4.98 Å². The first-order chi connectivity index (χ1) is 8.54. The summed E-state index contributed by atoms with van der Waals surface area (Å²) in [6, 6.07) is 6.13. The topological polar surface area (TPSA) is 77.8 Å². The molecular formula is C13H17N4P. The molecule has 0 saturated carbocycles. The van der Waals surface area contributed by atoms with Crippen molar-refractivity contribution in [1.82, 2.24) is 9.97 Å². The van der Waals surface area contributed by atoms with Crippen molar-refractivity contribution in [2.45, 2.75) is 20.0 Å². The molecule has 1 aromatic carbocycles. The first-order valence-electron chi connectivity index (χ1n) is 5.73. The van der Waals surface area contributed by atoms with Gasteiger partial charge in [0.2, 0.25) is 5.95 Å². The molecule has 1 aromatic heterocycles. The lowest BCUT2D eigenvalue weighted by molar-refractivity contribution is 1.11. The Hall–Kier alpha value is -1.67. The minimum Gasteiger partial charge on any atom is -0.383 e. The molecule has 1 atom stereocenters. The Morgan fingerprint density at radius 1 is 1.17 bits per heavy atom. The molecule has 2 aromatic rings. The van der Waals surface area contributed by atoms with Crippen molar-refractivity contribution < 1.29 is 0 Å². The van der Waals surface area contributed by atoms with Crippen molar-refractivity contribution in [3.05, 3.63) is 35.0 Å². The molecule has 0 bridgehead atoms. The van der Waals surface area contributed by atoms with Crippen LogP contribution >= 0.6 is 9.24 Å². The van der Waals surface area contributed by atoms with Gasteiger partial charge >= 0.3 is 0 Å². The van der Waals surface area contributed by atoms with Crippen molar-refractivity contribution in [2.24, 2.45) is 0 Å². The van der Waals surface area contributed by atoms with Crippen molar-refractivity contribution in [2.75, 3.05) is 11.5 Å². The van der Waals surface area contributed by atoms with Crippen molar-refractivity contribution in [3.63, 3.8) is 0 Å². The van der Waals surface area contributed by atoms with Crippen LogP contribution in [0.2, 0.25) is 0 Å². The first-order valence-corrected chi connectivity index (χ1v) is 6.54. The third-order valence-electron chi connectivity index (χ3n) is 3.10. The van der Waals surface area contributed by atoms with Crippen LogP contribution in [0.5, 0.6) is 0 Å². The maximum atomic E-state index is 6.01. The number of hydrogen-bond acceptors (Lipinski definition) is 4.